The molecular formula is C13H19FN2O. The second-order valence-corrected chi connectivity index (χ2v) is 4.46. The largest absolute Gasteiger partial charge is 0.490 e. The lowest BCUT2D eigenvalue weighted by Gasteiger charge is -2.40. The Bertz CT molecular complexity index is 342. The van der Waals surface area contributed by atoms with Crippen LogP contribution in [0.25, 0.3) is 0 Å². The first-order valence-corrected chi connectivity index (χ1v) is 6.28. The molecule has 0 bridgehead atoms. The van der Waals surface area contributed by atoms with Crippen molar-refractivity contribution in [1.82, 2.24) is 9.88 Å². The Labute approximate surface area is 102 Å². The van der Waals surface area contributed by atoms with Gasteiger partial charge in [-0.15, -0.1) is 0 Å². The van der Waals surface area contributed by atoms with Crippen LogP contribution in [0.4, 0.5) is 4.39 Å². The summed E-state index contributed by atoms with van der Waals surface area (Å²) >= 11 is 0. The van der Waals surface area contributed by atoms with Crippen molar-refractivity contribution in [1.29, 1.82) is 0 Å². The minimum atomic E-state index is -0.467. The summed E-state index contributed by atoms with van der Waals surface area (Å²) in [5.74, 6) is 0.180. The van der Waals surface area contributed by atoms with Gasteiger partial charge in [-0.05, 0) is 31.5 Å². The number of ether oxygens (including phenoxy) is 1. The molecule has 3 nitrogen and oxygen atoms in total. The number of likely N-dealkylation sites (tertiary alicyclic amines) is 1. The number of rotatable bonds is 6. The summed E-state index contributed by atoms with van der Waals surface area (Å²) in [5, 5.41) is 0. The minimum Gasteiger partial charge on any atom is -0.490 e. The lowest BCUT2D eigenvalue weighted by atomic mass is 10.0. The third-order valence-electron chi connectivity index (χ3n) is 3.21. The zero-order valence-electron chi connectivity index (χ0n) is 10.2. The van der Waals surface area contributed by atoms with Crippen LogP contribution >= 0.6 is 0 Å². The average Bonchev–Trinajstić information content (AvgIpc) is 2.31. The van der Waals surface area contributed by atoms with Gasteiger partial charge in [0, 0.05) is 12.6 Å². The lowest BCUT2D eigenvalue weighted by molar-refractivity contribution is 0.0495. The zero-order chi connectivity index (χ0) is 12.1. The summed E-state index contributed by atoms with van der Waals surface area (Å²) in [6.45, 7) is 5.22. The summed E-state index contributed by atoms with van der Waals surface area (Å²) in [6.07, 6.45) is 5.10. The molecule has 0 radical (unpaired) electrons. The van der Waals surface area contributed by atoms with Gasteiger partial charge in [0.25, 0.3) is 0 Å². The van der Waals surface area contributed by atoms with Gasteiger partial charge in [-0.2, -0.15) is 4.39 Å². The second-order valence-electron chi connectivity index (χ2n) is 4.46. The predicted molar refractivity (Wildman–Crippen MR) is 64.6 cm³/mol. The number of nitrogens with zero attached hydrogens (tertiary/aromatic N) is 2. The molecule has 0 amide bonds. The lowest BCUT2D eigenvalue weighted by Crippen LogP contribution is -2.51. The van der Waals surface area contributed by atoms with Gasteiger partial charge in [-0.25, -0.2) is 4.98 Å². The number of hydrogen-bond acceptors (Lipinski definition) is 3. The van der Waals surface area contributed by atoms with E-state index >= 15 is 0 Å². The van der Waals surface area contributed by atoms with E-state index in [9.17, 15) is 4.39 Å². The van der Waals surface area contributed by atoms with Crippen LogP contribution in [0.1, 0.15) is 26.2 Å². The highest BCUT2D eigenvalue weighted by molar-refractivity contribution is 5.16. The van der Waals surface area contributed by atoms with Crippen LogP contribution < -0.4 is 4.74 Å². The van der Waals surface area contributed by atoms with E-state index in [1.807, 2.05) is 0 Å². The number of halogens is 1. The molecule has 0 N–H and O–H groups in total. The van der Waals surface area contributed by atoms with Crippen molar-refractivity contribution in [2.75, 3.05) is 19.7 Å². The van der Waals surface area contributed by atoms with E-state index < -0.39 is 5.95 Å². The van der Waals surface area contributed by atoms with E-state index in [-0.39, 0.29) is 0 Å². The van der Waals surface area contributed by atoms with Crippen LogP contribution in [0.15, 0.2) is 18.3 Å². The predicted octanol–water partition coefficient (Wildman–Crippen LogP) is 2.47. The number of pyridine rings is 1. The Balaban J connectivity index is 1.73. The quantitative estimate of drug-likeness (QED) is 0.712. The summed E-state index contributed by atoms with van der Waals surface area (Å²) in [7, 11) is 0. The maximum Gasteiger partial charge on any atom is 0.213 e. The normalized spacial score (nSPS) is 20.0. The van der Waals surface area contributed by atoms with Crippen LogP contribution in [-0.2, 0) is 0 Å². The number of unbranched alkanes of at least 4 members (excludes halogenated alkanes) is 1. The van der Waals surface area contributed by atoms with Crippen molar-refractivity contribution in [3.05, 3.63) is 24.3 Å². The van der Waals surface area contributed by atoms with Gasteiger partial charge in [0.2, 0.25) is 5.95 Å². The van der Waals surface area contributed by atoms with Gasteiger partial charge < -0.3 is 4.74 Å². The standard InChI is InChI=1S/C13H19FN2O/c1-2-3-7-16-8-6-11(16)10-17-12-4-5-13(14)15-9-12/h4-5,9,11H,2-3,6-8,10H2,1H3/t11-/m0/s1. The molecule has 1 fully saturated rings. The number of aromatic nitrogens is 1. The average molecular weight is 238 g/mol. The molecule has 1 aromatic rings. The van der Waals surface area contributed by atoms with Crippen molar-refractivity contribution < 1.29 is 9.13 Å². The Hall–Kier alpha value is -1.16. The van der Waals surface area contributed by atoms with Gasteiger partial charge >= 0.3 is 0 Å². The van der Waals surface area contributed by atoms with Crippen molar-refractivity contribution in [2.24, 2.45) is 0 Å². The first-order chi connectivity index (χ1) is 8.29. The molecule has 17 heavy (non-hydrogen) atoms. The van der Waals surface area contributed by atoms with Gasteiger partial charge in [-0.3, -0.25) is 4.90 Å². The molecule has 1 aromatic heterocycles. The summed E-state index contributed by atoms with van der Waals surface area (Å²) < 4.78 is 18.2. The van der Waals surface area contributed by atoms with Gasteiger partial charge in [-0.1, -0.05) is 13.3 Å². The van der Waals surface area contributed by atoms with Gasteiger partial charge in [0.15, 0.2) is 0 Å². The molecule has 1 saturated heterocycles. The second kappa shape index (κ2) is 5.96. The van der Waals surface area contributed by atoms with E-state index in [0.717, 1.165) is 6.54 Å². The molecule has 0 aliphatic carbocycles. The highest BCUT2D eigenvalue weighted by Crippen LogP contribution is 2.19. The Morgan fingerprint density at radius 3 is 3.00 bits per heavy atom. The van der Waals surface area contributed by atoms with E-state index in [4.69, 9.17) is 4.74 Å². The third kappa shape index (κ3) is 3.40. The molecule has 0 unspecified atom stereocenters. The maximum atomic E-state index is 12.6. The molecule has 94 valence electrons. The molecule has 1 aliphatic heterocycles. The van der Waals surface area contributed by atoms with Gasteiger partial charge in [0.1, 0.15) is 12.4 Å². The van der Waals surface area contributed by atoms with Crippen LogP contribution in [0.3, 0.4) is 0 Å². The first kappa shape index (κ1) is 12.3. The van der Waals surface area contributed by atoms with E-state index in [2.05, 4.69) is 16.8 Å². The van der Waals surface area contributed by atoms with E-state index in [1.54, 1.807) is 6.07 Å². The fourth-order valence-corrected chi connectivity index (χ4v) is 1.98. The Kier molecular flexibility index (Phi) is 4.31. The molecule has 0 aromatic carbocycles. The molecule has 2 heterocycles. The Morgan fingerprint density at radius 2 is 2.41 bits per heavy atom. The van der Waals surface area contributed by atoms with Crippen LogP contribution in [0, 0.1) is 5.95 Å². The monoisotopic (exact) mass is 238 g/mol. The highest BCUT2D eigenvalue weighted by atomic mass is 19.1. The zero-order valence-corrected chi connectivity index (χ0v) is 10.2. The smallest absolute Gasteiger partial charge is 0.213 e. The third-order valence-corrected chi connectivity index (χ3v) is 3.21. The summed E-state index contributed by atoms with van der Waals surface area (Å²) in [6, 6.07) is 3.47. The van der Waals surface area contributed by atoms with E-state index in [1.165, 1.54) is 38.1 Å². The van der Waals surface area contributed by atoms with Crippen molar-refractivity contribution >= 4 is 0 Å². The Morgan fingerprint density at radius 1 is 1.53 bits per heavy atom. The van der Waals surface area contributed by atoms with Crippen LogP contribution in [0.2, 0.25) is 0 Å². The maximum absolute atomic E-state index is 12.6. The van der Waals surface area contributed by atoms with Crippen LogP contribution in [-0.4, -0.2) is 35.6 Å². The molecule has 0 saturated carbocycles. The minimum absolute atomic E-state index is 0.467. The molecule has 0 spiro atoms. The number of hydrogen-bond donors (Lipinski definition) is 0. The fraction of sp³-hybridized carbons (Fsp3) is 0.615. The first-order valence-electron chi connectivity index (χ1n) is 6.28. The molecular weight excluding hydrogens is 219 g/mol. The fourth-order valence-electron chi connectivity index (χ4n) is 1.98. The SMILES string of the molecule is CCCCN1CC[C@H]1COc1ccc(F)nc1. The molecule has 1 atom stereocenters. The summed E-state index contributed by atoms with van der Waals surface area (Å²) in [4.78, 5) is 6.01. The van der Waals surface area contributed by atoms with E-state index in [0.29, 0.717) is 18.4 Å². The van der Waals surface area contributed by atoms with Crippen molar-refractivity contribution in [2.45, 2.75) is 32.2 Å². The molecule has 1 aliphatic rings. The van der Waals surface area contributed by atoms with Crippen LogP contribution in [0.5, 0.6) is 5.75 Å². The van der Waals surface area contributed by atoms with Crippen molar-refractivity contribution in [3.8, 4) is 5.75 Å². The van der Waals surface area contributed by atoms with Gasteiger partial charge in [0.05, 0.1) is 6.20 Å². The summed E-state index contributed by atoms with van der Waals surface area (Å²) in [5.41, 5.74) is 0. The molecule has 4 heteroatoms. The highest BCUT2D eigenvalue weighted by Gasteiger charge is 2.27. The molecule has 2 rings (SSSR count). The van der Waals surface area contributed by atoms with Crippen molar-refractivity contribution in [3.63, 3.8) is 0 Å². The topological polar surface area (TPSA) is 25.4 Å².